The molecule has 2 aromatic carbocycles. The summed E-state index contributed by atoms with van der Waals surface area (Å²) in [5, 5.41) is 0. The van der Waals surface area contributed by atoms with Gasteiger partial charge in [-0.1, -0.05) is 48.0 Å². The minimum Gasteiger partial charge on any atom is -0.425 e. The standard InChI is InChI=1S/C16H14O3/c1-11-7-9-13(10-8-11)18-16(17)15-14(19-15)12-5-3-2-4-6-12/h2-10,14-15H,1H3. The van der Waals surface area contributed by atoms with E-state index in [1.165, 1.54) is 0 Å². The number of carbonyl (C=O) groups excluding carboxylic acids is 1. The van der Waals surface area contributed by atoms with Crippen LogP contribution in [0.2, 0.25) is 0 Å². The van der Waals surface area contributed by atoms with Crippen molar-refractivity contribution in [3.63, 3.8) is 0 Å². The molecule has 0 amide bonds. The van der Waals surface area contributed by atoms with E-state index in [1.807, 2.05) is 49.4 Å². The first-order chi connectivity index (χ1) is 9.24. The Morgan fingerprint density at radius 1 is 1.05 bits per heavy atom. The topological polar surface area (TPSA) is 38.8 Å². The Bertz CT molecular complexity index is 575. The van der Waals surface area contributed by atoms with Gasteiger partial charge in [0, 0.05) is 0 Å². The highest BCUT2D eigenvalue weighted by molar-refractivity contribution is 5.80. The Kier molecular flexibility index (Phi) is 3.05. The molecule has 2 atom stereocenters. The van der Waals surface area contributed by atoms with Gasteiger partial charge in [-0.25, -0.2) is 4.79 Å². The number of benzene rings is 2. The van der Waals surface area contributed by atoms with Crippen molar-refractivity contribution in [2.24, 2.45) is 0 Å². The lowest BCUT2D eigenvalue weighted by Crippen LogP contribution is -2.15. The highest BCUT2D eigenvalue weighted by Crippen LogP contribution is 2.39. The Labute approximate surface area is 111 Å². The van der Waals surface area contributed by atoms with Crippen LogP contribution in [0.25, 0.3) is 0 Å². The zero-order valence-electron chi connectivity index (χ0n) is 10.6. The second kappa shape index (κ2) is 4.86. The predicted octanol–water partition coefficient (Wildman–Crippen LogP) is 3.04. The smallest absolute Gasteiger partial charge is 0.343 e. The van der Waals surface area contributed by atoms with Gasteiger partial charge in [-0.05, 0) is 24.6 Å². The molecule has 3 nitrogen and oxygen atoms in total. The van der Waals surface area contributed by atoms with Crippen LogP contribution < -0.4 is 4.74 Å². The molecule has 19 heavy (non-hydrogen) atoms. The molecule has 3 rings (SSSR count). The molecule has 2 unspecified atom stereocenters. The van der Waals surface area contributed by atoms with Gasteiger partial charge in [-0.15, -0.1) is 0 Å². The van der Waals surface area contributed by atoms with Gasteiger partial charge in [0.2, 0.25) is 0 Å². The van der Waals surface area contributed by atoms with E-state index in [2.05, 4.69) is 0 Å². The highest BCUT2D eigenvalue weighted by Gasteiger charge is 2.47. The molecular weight excluding hydrogens is 240 g/mol. The van der Waals surface area contributed by atoms with Gasteiger partial charge in [0.1, 0.15) is 11.9 Å². The van der Waals surface area contributed by atoms with Crippen molar-refractivity contribution in [2.75, 3.05) is 0 Å². The Hall–Kier alpha value is -2.13. The molecule has 1 aliphatic heterocycles. The predicted molar refractivity (Wildman–Crippen MR) is 70.9 cm³/mol. The summed E-state index contributed by atoms with van der Waals surface area (Å²) in [5.74, 6) is 0.218. The van der Waals surface area contributed by atoms with Gasteiger partial charge in [0.15, 0.2) is 6.10 Å². The van der Waals surface area contributed by atoms with Crippen molar-refractivity contribution in [1.82, 2.24) is 0 Å². The summed E-state index contributed by atoms with van der Waals surface area (Å²) in [7, 11) is 0. The highest BCUT2D eigenvalue weighted by atomic mass is 16.6. The van der Waals surface area contributed by atoms with E-state index in [0.717, 1.165) is 11.1 Å². The Balaban J connectivity index is 1.63. The van der Waals surface area contributed by atoms with Crippen LogP contribution in [0, 0.1) is 6.92 Å². The summed E-state index contributed by atoms with van der Waals surface area (Å²) in [6.07, 6.45) is -0.650. The van der Waals surface area contributed by atoms with Crippen molar-refractivity contribution >= 4 is 5.97 Å². The van der Waals surface area contributed by atoms with E-state index in [1.54, 1.807) is 12.1 Å². The number of rotatable bonds is 3. The molecule has 0 aliphatic carbocycles. The SMILES string of the molecule is Cc1ccc(OC(=O)C2OC2c2ccccc2)cc1. The molecule has 1 saturated heterocycles. The molecule has 0 bridgehead atoms. The summed E-state index contributed by atoms with van der Waals surface area (Å²) in [5.41, 5.74) is 2.14. The molecule has 0 aromatic heterocycles. The molecule has 0 spiro atoms. The second-order valence-corrected chi connectivity index (χ2v) is 4.62. The minimum atomic E-state index is -0.483. The van der Waals surface area contributed by atoms with E-state index in [0.29, 0.717) is 5.75 Å². The van der Waals surface area contributed by atoms with E-state index < -0.39 is 6.10 Å². The second-order valence-electron chi connectivity index (χ2n) is 4.62. The van der Waals surface area contributed by atoms with Crippen LogP contribution in [-0.2, 0) is 9.53 Å². The zero-order valence-corrected chi connectivity index (χ0v) is 10.6. The summed E-state index contributed by atoms with van der Waals surface area (Å²) in [6.45, 7) is 1.99. The van der Waals surface area contributed by atoms with Crippen LogP contribution in [0.5, 0.6) is 5.75 Å². The fourth-order valence-corrected chi connectivity index (χ4v) is 1.97. The summed E-state index contributed by atoms with van der Waals surface area (Å²) >= 11 is 0. The van der Waals surface area contributed by atoms with Crippen molar-refractivity contribution in [3.05, 3.63) is 65.7 Å². The summed E-state index contributed by atoms with van der Waals surface area (Å²) in [6, 6.07) is 17.1. The van der Waals surface area contributed by atoms with Gasteiger partial charge in [0.25, 0.3) is 0 Å². The fourth-order valence-electron chi connectivity index (χ4n) is 1.97. The largest absolute Gasteiger partial charge is 0.425 e. The summed E-state index contributed by atoms with van der Waals surface area (Å²) < 4.78 is 10.7. The fraction of sp³-hybridized carbons (Fsp3) is 0.188. The van der Waals surface area contributed by atoms with Crippen LogP contribution in [0.15, 0.2) is 54.6 Å². The first kappa shape index (κ1) is 11.9. The molecule has 0 saturated carbocycles. The van der Waals surface area contributed by atoms with E-state index in [9.17, 15) is 4.79 Å². The lowest BCUT2D eigenvalue weighted by atomic mass is 10.1. The third-order valence-electron chi connectivity index (χ3n) is 3.09. The molecule has 0 N–H and O–H groups in total. The van der Waals surface area contributed by atoms with Gasteiger partial charge >= 0.3 is 5.97 Å². The van der Waals surface area contributed by atoms with Gasteiger partial charge < -0.3 is 9.47 Å². The monoisotopic (exact) mass is 254 g/mol. The van der Waals surface area contributed by atoms with Crippen molar-refractivity contribution < 1.29 is 14.3 Å². The van der Waals surface area contributed by atoms with Gasteiger partial charge in [-0.3, -0.25) is 0 Å². The number of carbonyl (C=O) groups is 1. The maximum absolute atomic E-state index is 11.9. The lowest BCUT2D eigenvalue weighted by molar-refractivity contribution is -0.135. The normalized spacial score (nSPS) is 20.9. The van der Waals surface area contributed by atoms with Crippen LogP contribution in [0.1, 0.15) is 17.2 Å². The van der Waals surface area contributed by atoms with Crippen molar-refractivity contribution in [1.29, 1.82) is 0 Å². The molecule has 96 valence electrons. The van der Waals surface area contributed by atoms with E-state index in [4.69, 9.17) is 9.47 Å². The number of hydrogen-bond donors (Lipinski definition) is 0. The van der Waals surface area contributed by atoms with Crippen molar-refractivity contribution in [3.8, 4) is 5.75 Å². The maximum atomic E-state index is 11.9. The molecule has 1 heterocycles. The number of ether oxygens (including phenoxy) is 2. The van der Waals surface area contributed by atoms with Crippen molar-refractivity contribution in [2.45, 2.75) is 19.1 Å². The Morgan fingerprint density at radius 2 is 1.74 bits per heavy atom. The molecule has 1 fully saturated rings. The molecule has 3 heteroatoms. The van der Waals surface area contributed by atoms with Gasteiger partial charge in [-0.2, -0.15) is 0 Å². The van der Waals surface area contributed by atoms with E-state index in [-0.39, 0.29) is 12.1 Å². The third-order valence-corrected chi connectivity index (χ3v) is 3.09. The average molecular weight is 254 g/mol. The first-order valence-electron chi connectivity index (χ1n) is 6.23. The zero-order chi connectivity index (χ0) is 13.2. The van der Waals surface area contributed by atoms with Crippen LogP contribution in [0.3, 0.4) is 0 Å². The number of hydrogen-bond acceptors (Lipinski definition) is 3. The van der Waals surface area contributed by atoms with Gasteiger partial charge in [0.05, 0.1) is 0 Å². The van der Waals surface area contributed by atoms with Crippen LogP contribution >= 0.6 is 0 Å². The van der Waals surface area contributed by atoms with E-state index >= 15 is 0 Å². The minimum absolute atomic E-state index is 0.167. The average Bonchev–Trinajstić information content (AvgIpc) is 3.23. The maximum Gasteiger partial charge on any atom is 0.343 e. The van der Waals surface area contributed by atoms with Crippen LogP contribution in [-0.4, -0.2) is 12.1 Å². The quantitative estimate of drug-likeness (QED) is 0.480. The lowest BCUT2D eigenvalue weighted by Gasteiger charge is -2.02. The molecule has 2 aromatic rings. The number of aryl methyl sites for hydroxylation is 1. The molecule has 1 aliphatic rings. The molecular formula is C16H14O3. The summed E-state index contributed by atoms with van der Waals surface area (Å²) in [4.78, 5) is 11.9. The first-order valence-corrected chi connectivity index (χ1v) is 6.23. The Morgan fingerprint density at radius 3 is 2.42 bits per heavy atom. The number of epoxide rings is 1. The number of esters is 1. The van der Waals surface area contributed by atoms with Crippen LogP contribution in [0.4, 0.5) is 0 Å². The third kappa shape index (κ3) is 2.66. The molecule has 0 radical (unpaired) electrons.